The minimum Gasteiger partial charge on any atom is -0.344 e. The molecular formula is C22H28F2N8OS2. The molecule has 2 aromatic heterocycles. The van der Waals surface area contributed by atoms with E-state index in [-0.39, 0.29) is 31.3 Å². The zero-order chi connectivity index (χ0) is 24.8. The van der Waals surface area contributed by atoms with Gasteiger partial charge in [-0.1, -0.05) is 35.6 Å². The number of carbonyl (C=O) groups is 1. The Kier molecular flexibility index (Phi) is 8.39. The lowest BCUT2D eigenvalue weighted by molar-refractivity contribution is -0.115. The van der Waals surface area contributed by atoms with Gasteiger partial charge in [0, 0.05) is 30.6 Å². The maximum atomic E-state index is 13.0. The van der Waals surface area contributed by atoms with E-state index in [4.69, 9.17) is 0 Å². The first-order valence-corrected chi connectivity index (χ1v) is 13.2. The lowest BCUT2D eigenvalue weighted by atomic mass is 9.82. The Morgan fingerprint density at radius 3 is 2.86 bits per heavy atom. The van der Waals surface area contributed by atoms with Gasteiger partial charge in [-0.15, -0.1) is 15.3 Å². The van der Waals surface area contributed by atoms with E-state index >= 15 is 0 Å². The van der Waals surface area contributed by atoms with Crippen molar-refractivity contribution in [2.24, 2.45) is 16.1 Å². The fraction of sp³-hybridized carbons (Fsp3) is 0.545. The number of aromatic nitrogens is 3. The van der Waals surface area contributed by atoms with Crippen molar-refractivity contribution in [3.8, 4) is 0 Å². The second-order valence-electron chi connectivity index (χ2n) is 8.69. The summed E-state index contributed by atoms with van der Waals surface area (Å²) < 4.78 is 26.1. The molecule has 1 saturated heterocycles. The van der Waals surface area contributed by atoms with Gasteiger partial charge in [0.25, 0.3) is 5.92 Å². The summed E-state index contributed by atoms with van der Waals surface area (Å²) in [6, 6.07) is 3.39. The van der Waals surface area contributed by atoms with Gasteiger partial charge in [-0.2, -0.15) is 5.10 Å². The Balaban J connectivity index is 1.30. The maximum absolute atomic E-state index is 13.0. The number of nitrogens with one attached hydrogen (secondary N) is 2. The molecule has 2 atom stereocenters. The van der Waals surface area contributed by atoms with Crippen molar-refractivity contribution in [2.45, 2.75) is 43.9 Å². The van der Waals surface area contributed by atoms with E-state index < -0.39 is 5.92 Å². The molecule has 2 N–H and O–H groups in total. The average molecular weight is 523 g/mol. The smallest absolute Gasteiger partial charge is 0.282 e. The number of thioether (sulfide) groups is 1. The van der Waals surface area contributed by atoms with Gasteiger partial charge in [-0.25, -0.2) is 13.8 Å². The van der Waals surface area contributed by atoms with Gasteiger partial charge in [0.15, 0.2) is 0 Å². The summed E-state index contributed by atoms with van der Waals surface area (Å²) in [5.74, 6) is -1.07. The summed E-state index contributed by atoms with van der Waals surface area (Å²) >= 11 is 3.04. The minimum atomic E-state index is -2.65. The molecule has 1 aliphatic carbocycles. The number of anilines is 2. The summed E-state index contributed by atoms with van der Waals surface area (Å²) in [4.78, 5) is 18.2. The van der Waals surface area contributed by atoms with Crippen LogP contribution in [-0.2, 0) is 11.2 Å². The summed E-state index contributed by atoms with van der Waals surface area (Å²) in [5.41, 5.74) is 0.695. The number of amides is 1. The SMILES string of the molecule is C=N/N=C(\SCNC)[C@H]1CCCC(c2nnc(NC(=O)Cc3ccc(N4CC(F)(F)C4)nc3)s2)C1. The summed E-state index contributed by atoms with van der Waals surface area (Å²) in [6.45, 7) is 2.85. The molecule has 2 fully saturated rings. The first-order valence-electron chi connectivity index (χ1n) is 11.4. The summed E-state index contributed by atoms with van der Waals surface area (Å²) in [7, 11) is 1.90. The third-order valence-corrected chi connectivity index (χ3v) is 8.08. The predicted octanol–water partition coefficient (Wildman–Crippen LogP) is 3.77. The van der Waals surface area contributed by atoms with Crippen molar-refractivity contribution in [1.82, 2.24) is 20.5 Å². The second kappa shape index (κ2) is 11.5. The number of hydrogen-bond acceptors (Lipinski definition) is 10. The standard InChI is InChI=1S/C22H28F2N8OS2/c1-25-13-34-19(29-26-2)15-4-3-5-16(9-15)20-30-31-21(35-20)28-18(33)8-14-6-7-17(27-10-14)32-11-22(23,24)12-32/h6-7,10,15-16,25H,2-5,8-9,11-13H2,1H3,(H,28,31,33)/b29-19-/t15-,16?/m0/s1. The molecule has 1 amide bonds. The molecule has 188 valence electrons. The molecule has 1 unspecified atom stereocenters. The fourth-order valence-corrected chi connectivity index (χ4v) is 6.03. The molecule has 1 aliphatic heterocycles. The van der Waals surface area contributed by atoms with E-state index in [0.717, 1.165) is 41.6 Å². The number of halogens is 2. The molecule has 2 aliphatic rings. The van der Waals surface area contributed by atoms with Crippen LogP contribution in [0, 0.1) is 5.92 Å². The second-order valence-corrected chi connectivity index (χ2v) is 10.7. The molecule has 35 heavy (non-hydrogen) atoms. The van der Waals surface area contributed by atoms with Gasteiger partial charge in [0.2, 0.25) is 11.0 Å². The highest BCUT2D eigenvalue weighted by Crippen LogP contribution is 2.40. The highest BCUT2D eigenvalue weighted by molar-refractivity contribution is 8.13. The number of nitrogens with zero attached hydrogens (tertiary/aromatic N) is 6. The van der Waals surface area contributed by atoms with Gasteiger partial charge in [0.05, 0.1) is 19.5 Å². The maximum Gasteiger partial charge on any atom is 0.282 e. The lowest BCUT2D eigenvalue weighted by Crippen LogP contribution is -2.56. The quantitative estimate of drug-likeness (QED) is 0.223. The van der Waals surface area contributed by atoms with Crippen LogP contribution in [0.2, 0.25) is 0 Å². The van der Waals surface area contributed by atoms with Crippen LogP contribution >= 0.6 is 23.1 Å². The Labute approximate surface area is 210 Å². The first kappa shape index (κ1) is 25.6. The summed E-state index contributed by atoms with van der Waals surface area (Å²) in [6.07, 6.45) is 5.70. The Hall–Kier alpha value is -2.51. The van der Waals surface area contributed by atoms with Crippen molar-refractivity contribution >= 4 is 51.7 Å². The number of hydrogen-bond donors (Lipinski definition) is 2. The molecule has 0 spiro atoms. The predicted molar refractivity (Wildman–Crippen MR) is 137 cm³/mol. The zero-order valence-electron chi connectivity index (χ0n) is 19.4. The molecule has 4 rings (SSSR count). The van der Waals surface area contributed by atoms with Crippen LogP contribution in [0.15, 0.2) is 28.5 Å². The zero-order valence-corrected chi connectivity index (χ0v) is 21.0. The van der Waals surface area contributed by atoms with E-state index in [1.54, 1.807) is 30.1 Å². The Bertz CT molecular complexity index is 1050. The monoisotopic (exact) mass is 522 g/mol. The van der Waals surface area contributed by atoms with Crippen molar-refractivity contribution in [3.05, 3.63) is 28.9 Å². The van der Waals surface area contributed by atoms with E-state index in [9.17, 15) is 13.6 Å². The molecule has 0 aromatic carbocycles. The average Bonchev–Trinajstić information content (AvgIpc) is 3.29. The molecule has 9 nitrogen and oxygen atoms in total. The van der Waals surface area contributed by atoms with Crippen LogP contribution in [0.1, 0.15) is 42.2 Å². The van der Waals surface area contributed by atoms with E-state index in [1.807, 2.05) is 7.05 Å². The van der Waals surface area contributed by atoms with Crippen LogP contribution in [0.4, 0.5) is 19.7 Å². The Morgan fingerprint density at radius 2 is 2.17 bits per heavy atom. The van der Waals surface area contributed by atoms with E-state index in [1.165, 1.54) is 16.2 Å². The third kappa shape index (κ3) is 6.79. The molecule has 2 aromatic rings. The lowest BCUT2D eigenvalue weighted by Gasteiger charge is -2.39. The number of rotatable bonds is 9. The van der Waals surface area contributed by atoms with E-state index in [2.05, 4.69) is 42.7 Å². The van der Waals surface area contributed by atoms with Crippen molar-refractivity contribution in [3.63, 3.8) is 0 Å². The Morgan fingerprint density at radius 1 is 1.34 bits per heavy atom. The molecule has 0 radical (unpaired) electrons. The summed E-state index contributed by atoms with van der Waals surface area (Å²) in [5, 5.41) is 24.8. The van der Waals surface area contributed by atoms with Crippen LogP contribution in [-0.4, -0.2) is 64.8 Å². The molecule has 3 heterocycles. The van der Waals surface area contributed by atoms with E-state index in [0.29, 0.717) is 22.4 Å². The van der Waals surface area contributed by atoms with Crippen molar-refractivity contribution in [2.75, 3.05) is 36.2 Å². The van der Waals surface area contributed by atoms with Crippen LogP contribution < -0.4 is 15.5 Å². The first-order chi connectivity index (χ1) is 16.9. The normalized spacial score (nSPS) is 21.9. The highest BCUT2D eigenvalue weighted by Gasteiger charge is 2.44. The molecule has 0 bridgehead atoms. The van der Waals surface area contributed by atoms with Gasteiger partial charge in [-0.05, 0) is 37.9 Å². The van der Waals surface area contributed by atoms with Gasteiger partial charge >= 0.3 is 0 Å². The number of carbonyl (C=O) groups excluding carboxylic acids is 1. The van der Waals surface area contributed by atoms with Crippen LogP contribution in [0.5, 0.6) is 0 Å². The molecular weight excluding hydrogens is 494 g/mol. The van der Waals surface area contributed by atoms with Gasteiger partial charge in [0.1, 0.15) is 15.9 Å². The molecule has 1 saturated carbocycles. The number of alkyl halides is 2. The van der Waals surface area contributed by atoms with Gasteiger partial charge < -0.3 is 15.5 Å². The van der Waals surface area contributed by atoms with Crippen molar-refractivity contribution < 1.29 is 13.6 Å². The van der Waals surface area contributed by atoms with Crippen molar-refractivity contribution in [1.29, 1.82) is 0 Å². The topological polar surface area (TPSA) is 108 Å². The van der Waals surface area contributed by atoms with Crippen LogP contribution in [0.3, 0.4) is 0 Å². The minimum absolute atomic E-state index is 0.112. The highest BCUT2D eigenvalue weighted by atomic mass is 32.2. The van der Waals surface area contributed by atoms with Crippen LogP contribution in [0.25, 0.3) is 0 Å². The molecule has 13 heteroatoms. The van der Waals surface area contributed by atoms with Gasteiger partial charge in [-0.3, -0.25) is 4.79 Å². The number of pyridine rings is 1. The largest absolute Gasteiger partial charge is 0.344 e. The fourth-order valence-electron chi connectivity index (χ4n) is 4.26. The third-order valence-electron chi connectivity index (χ3n) is 5.94.